The summed E-state index contributed by atoms with van der Waals surface area (Å²) in [5, 5.41) is -0.294. The lowest BCUT2D eigenvalue weighted by Gasteiger charge is -2.10. The Morgan fingerprint density at radius 1 is 1.27 bits per heavy atom. The van der Waals surface area contributed by atoms with Gasteiger partial charge in [0.1, 0.15) is 9.92 Å². The molecule has 1 N–H and O–H groups in total. The van der Waals surface area contributed by atoms with Gasteiger partial charge in [-0.3, -0.25) is 4.55 Å². The molecule has 0 saturated heterocycles. The van der Waals surface area contributed by atoms with Crippen LogP contribution >= 0.6 is 34.8 Å². The van der Waals surface area contributed by atoms with E-state index in [1.807, 2.05) is 0 Å². The van der Waals surface area contributed by atoms with Gasteiger partial charge in [-0.1, -0.05) is 34.8 Å². The summed E-state index contributed by atoms with van der Waals surface area (Å²) in [6.45, 7) is 0. The normalized spacial score (nSPS) is 11.5. The average Bonchev–Trinajstić information content (AvgIpc) is 2.12. The summed E-state index contributed by atoms with van der Waals surface area (Å²) in [5.41, 5.74) is 0. The highest BCUT2D eigenvalue weighted by Crippen LogP contribution is 2.41. The Balaban J connectivity index is 3.68. The summed E-state index contributed by atoms with van der Waals surface area (Å²) in [4.78, 5) is -0.524. The van der Waals surface area contributed by atoms with Crippen LogP contribution < -0.4 is 4.74 Å². The second kappa shape index (κ2) is 4.35. The number of rotatable bonds is 2. The number of hydrogen-bond donors (Lipinski definition) is 1. The number of hydrogen-bond acceptors (Lipinski definition) is 3. The first-order valence-corrected chi connectivity index (χ1v) is 6.05. The molecule has 0 aliphatic carbocycles. The van der Waals surface area contributed by atoms with Crippen LogP contribution in [0.15, 0.2) is 11.0 Å². The van der Waals surface area contributed by atoms with Gasteiger partial charge in [0.15, 0.2) is 5.75 Å². The monoisotopic (exact) mass is 290 g/mol. The van der Waals surface area contributed by atoms with Crippen molar-refractivity contribution in [3.8, 4) is 5.75 Å². The predicted molar refractivity (Wildman–Crippen MR) is 57.8 cm³/mol. The van der Waals surface area contributed by atoms with Gasteiger partial charge < -0.3 is 4.74 Å². The molecule has 0 unspecified atom stereocenters. The lowest BCUT2D eigenvalue weighted by atomic mass is 10.3. The molecule has 84 valence electrons. The zero-order valence-corrected chi connectivity index (χ0v) is 10.4. The number of methoxy groups -OCH3 is 1. The van der Waals surface area contributed by atoms with Crippen LogP contribution in [0.4, 0.5) is 0 Å². The number of benzene rings is 1. The van der Waals surface area contributed by atoms with Crippen molar-refractivity contribution in [1.82, 2.24) is 0 Å². The van der Waals surface area contributed by atoms with Crippen LogP contribution in [0.1, 0.15) is 0 Å². The summed E-state index contributed by atoms with van der Waals surface area (Å²) in [6, 6.07) is 0.962. The van der Waals surface area contributed by atoms with E-state index in [2.05, 4.69) is 0 Å². The van der Waals surface area contributed by atoms with Crippen molar-refractivity contribution in [2.75, 3.05) is 7.11 Å². The third-order valence-electron chi connectivity index (χ3n) is 1.57. The van der Waals surface area contributed by atoms with Crippen LogP contribution in [-0.2, 0) is 10.1 Å². The van der Waals surface area contributed by atoms with E-state index in [-0.39, 0.29) is 20.8 Å². The third-order valence-corrected chi connectivity index (χ3v) is 3.67. The first-order chi connectivity index (χ1) is 6.79. The van der Waals surface area contributed by atoms with Gasteiger partial charge in [-0.05, 0) is 6.07 Å². The molecule has 0 radical (unpaired) electrons. The van der Waals surface area contributed by atoms with E-state index in [1.54, 1.807) is 0 Å². The van der Waals surface area contributed by atoms with E-state index in [0.717, 1.165) is 6.07 Å². The quantitative estimate of drug-likeness (QED) is 0.672. The topological polar surface area (TPSA) is 63.6 Å². The van der Waals surface area contributed by atoms with Crippen molar-refractivity contribution in [2.45, 2.75) is 4.90 Å². The van der Waals surface area contributed by atoms with Gasteiger partial charge in [0.05, 0.1) is 17.2 Å². The molecule has 0 amide bonds. The Labute approximate surface area is 101 Å². The minimum atomic E-state index is -4.46. The minimum absolute atomic E-state index is 0.0393. The van der Waals surface area contributed by atoms with E-state index in [9.17, 15) is 8.42 Å². The smallest absolute Gasteiger partial charge is 0.298 e. The van der Waals surface area contributed by atoms with Gasteiger partial charge in [0, 0.05) is 0 Å². The van der Waals surface area contributed by atoms with Crippen LogP contribution in [0, 0.1) is 0 Å². The lowest BCUT2D eigenvalue weighted by Crippen LogP contribution is -2.02. The zero-order valence-electron chi connectivity index (χ0n) is 7.29. The van der Waals surface area contributed by atoms with E-state index < -0.39 is 15.0 Å². The van der Waals surface area contributed by atoms with Crippen LogP contribution in [-0.4, -0.2) is 20.1 Å². The molecule has 0 aliphatic heterocycles. The molecule has 8 heteroatoms. The standard InChI is InChI=1S/C7H5Cl3O4S/c1-14-7-4(15(11,12)13)2-3(8)5(9)6(7)10/h2H,1H3,(H,11,12,13). The first-order valence-electron chi connectivity index (χ1n) is 3.48. The lowest BCUT2D eigenvalue weighted by molar-refractivity contribution is 0.398. The fourth-order valence-corrected chi connectivity index (χ4v) is 2.42. The SMILES string of the molecule is COc1c(S(=O)(=O)O)cc(Cl)c(Cl)c1Cl. The minimum Gasteiger partial charge on any atom is -0.494 e. The molecular formula is C7H5Cl3O4S. The molecule has 1 aromatic carbocycles. The van der Waals surface area contributed by atoms with Crippen molar-refractivity contribution in [3.63, 3.8) is 0 Å². The van der Waals surface area contributed by atoms with E-state index in [0.29, 0.717) is 0 Å². The number of halogens is 3. The molecule has 4 nitrogen and oxygen atoms in total. The van der Waals surface area contributed by atoms with Gasteiger partial charge in [0.2, 0.25) is 0 Å². The third kappa shape index (κ3) is 2.49. The van der Waals surface area contributed by atoms with Gasteiger partial charge in [0.25, 0.3) is 10.1 Å². The molecule has 0 atom stereocenters. The molecule has 0 aliphatic rings. The summed E-state index contributed by atoms with van der Waals surface area (Å²) >= 11 is 17.0. The maximum absolute atomic E-state index is 10.9. The highest BCUT2D eigenvalue weighted by atomic mass is 35.5. The summed E-state index contributed by atoms with van der Waals surface area (Å²) in [6.07, 6.45) is 0. The van der Waals surface area contributed by atoms with Crippen LogP contribution in [0.3, 0.4) is 0 Å². The van der Waals surface area contributed by atoms with Crippen molar-refractivity contribution in [3.05, 3.63) is 21.1 Å². The van der Waals surface area contributed by atoms with Crippen molar-refractivity contribution < 1.29 is 17.7 Å². The van der Waals surface area contributed by atoms with Gasteiger partial charge >= 0.3 is 0 Å². The zero-order chi connectivity index (χ0) is 11.8. The van der Waals surface area contributed by atoms with Gasteiger partial charge in [-0.2, -0.15) is 8.42 Å². The van der Waals surface area contributed by atoms with Crippen LogP contribution in [0.25, 0.3) is 0 Å². The van der Waals surface area contributed by atoms with Crippen molar-refractivity contribution in [1.29, 1.82) is 0 Å². The van der Waals surface area contributed by atoms with E-state index >= 15 is 0 Å². The summed E-state index contributed by atoms with van der Waals surface area (Å²) in [7, 11) is -3.27. The largest absolute Gasteiger partial charge is 0.494 e. The summed E-state index contributed by atoms with van der Waals surface area (Å²) in [5.74, 6) is -0.242. The van der Waals surface area contributed by atoms with Crippen LogP contribution in [0.2, 0.25) is 15.1 Å². The molecule has 0 heterocycles. The molecular weight excluding hydrogens is 286 g/mol. The highest BCUT2D eigenvalue weighted by Gasteiger charge is 2.23. The Kier molecular flexibility index (Phi) is 3.73. The first kappa shape index (κ1) is 12.9. The molecule has 1 aromatic rings. The molecule has 15 heavy (non-hydrogen) atoms. The van der Waals surface area contributed by atoms with Crippen molar-refractivity contribution >= 4 is 44.9 Å². The highest BCUT2D eigenvalue weighted by molar-refractivity contribution is 7.86. The van der Waals surface area contributed by atoms with Crippen molar-refractivity contribution in [2.24, 2.45) is 0 Å². The molecule has 0 aromatic heterocycles. The predicted octanol–water partition coefficient (Wildman–Crippen LogP) is 2.90. The molecule has 0 spiro atoms. The van der Waals surface area contributed by atoms with Gasteiger partial charge in [-0.25, -0.2) is 0 Å². The van der Waals surface area contributed by atoms with Crippen LogP contribution in [0.5, 0.6) is 5.75 Å². The molecule has 0 fully saturated rings. The Hall–Kier alpha value is -0.200. The second-order valence-corrected chi connectivity index (χ2v) is 5.05. The fourth-order valence-electron chi connectivity index (χ4n) is 0.938. The molecule has 0 saturated carbocycles. The summed E-state index contributed by atoms with van der Waals surface area (Å²) < 4.78 is 35.5. The number of ether oxygens (including phenoxy) is 1. The maximum atomic E-state index is 10.9. The van der Waals surface area contributed by atoms with E-state index in [1.165, 1.54) is 7.11 Å². The maximum Gasteiger partial charge on any atom is 0.298 e. The molecule has 0 bridgehead atoms. The Morgan fingerprint density at radius 3 is 2.20 bits per heavy atom. The fraction of sp³-hybridized carbons (Fsp3) is 0.143. The second-order valence-electron chi connectivity index (χ2n) is 2.49. The van der Waals surface area contributed by atoms with Gasteiger partial charge in [-0.15, -0.1) is 0 Å². The molecule has 1 rings (SSSR count). The Morgan fingerprint density at radius 2 is 1.80 bits per heavy atom. The van der Waals surface area contributed by atoms with E-state index in [4.69, 9.17) is 44.1 Å². The average molecular weight is 292 g/mol. The Bertz CT molecular complexity index is 497.